The lowest BCUT2D eigenvalue weighted by molar-refractivity contribution is 0.101. The number of benzene rings is 1. The van der Waals surface area contributed by atoms with Gasteiger partial charge in [0.05, 0.1) is 0 Å². The van der Waals surface area contributed by atoms with Crippen molar-refractivity contribution in [1.29, 1.82) is 0 Å². The zero-order valence-electron chi connectivity index (χ0n) is 10.9. The fraction of sp³-hybridized carbons (Fsp3) is 0.438. The summed E-state index contributed by atoms with van der Waals surface area (Å²) in [6, 6.07) is 7.44. The van der Waals surface area contributed by atoms with Crippen molar-refractivity contribution in [2.75, 3.05) is 0 Å². The molecule has 96 valence electrons. The summed E-state index contributed by atoms with van der Waals surface area (Å²) >= 11 is 0. The van der Waals surface area contributed by atoms with E-state index in [-0.39, 0.29) is 11.9 Å². The molecule has 18 heavy (non-hydrogen) atoms. The maximum Gasteiger partial charge on any atom is 0.159 e. The molecule has 1 atom stereocenters. The molecule has 0 N–H and O–H groups in total. The van der Waals surface area contributed by atoms with Crippen molar-refractivity contribution in [2.45, 2.75) is 45.1 Å². The fourth-order valence-corrected chi connectivity index (χ4v) is 2.19. The SMILES string of the molecule is CC(=O)c1cccc(OC2/C=C/CCCCC2)c1. The quantitative estimate of drug-likeness (QED) is 0.589. The second-order valence-electron chi connectivity index (χ2n) is 4.81. The van der Waals surface area contributed by atoms with Gasteiger partial charge in [-0.3, -0.25) is 4.79 Å². The van der Waals surface area contributed by atoms with Crippen LogP contribution in [-0.2, 0) is 0 Å². The molecule has 0 bridgehead atoms. The van der Waals surface area contributed by atoms with Crippen LogP contribution >= 0.6 is 0 Å². The smallest absolute Gasteiger partial charge is 0.159 e. The number of carbonyl (C=O) groups is 1. The lowest BCUT2D eigenvalue weighted by Crippen LogP contribution is -2.14. The Kier molecular flexibility index (Phi) is 4.57. The summed E-state index contributed by atoms with van der Waals surface area (Å²) in [6.45, 7) is 1.58. The number of ketones is 1. The van der Waals surface area contributed by atoms with Gasteiger partial charge in [-0.05, 0) is 50.8 Å². The lowest BCUT2D eigenvalue weighted by atomic mass is 10.0. The van der Waals surface area contributed by atoms with E-state index in [9.17, 15) is 4.79 Å². The minimum absolute atomic E-state index is 0.0775. The third kappa shape index (κ3) is 3.73. The van der Waals surface area contributed by atoms with Crippen molar-refractivity contribution < 1.29 is 9.53 Å². The molecule has 2 heteroatoms. The second-order valence-corrected chi connectivity index (χ2v) is 4.81. The van der Waals surface area contributed by atoms with Crippen LogP contribution in [0.5, 0.6) is 5.75 Å². The fourth-order valence-electron chi connectivity index (χ4n) is 2.19. The molecule has 0 amide bonds. The van der Waals surface area contributed by atoms with Crippen molar-refractivity contribution in [3.05, 3.63) is 42.0 Å². The molecule has 1 aliphatic carbocycles. The van der Waals surface area contributed by atoms with Crippen LogP contribution in [0.2, 0.25) is 0 Å². The molecular formula is C16H20O2. The molecule has 0 aliphatic heterocycles. The Morgan fingerprint density at radius 2 is 2.17 bits per heavy atom. The Morgan fingerprint density at radius 3 is 3.00 bits per heavy atom. The number of hydrogen-bond donors (Lipinski definition) is 0. The average molecular weight is 244 g/mol. The Hall–Kier alpha value is -1.57. The molecule has 1 aromatic carbocycles. The molecule has 0 radical (unpaired) electrons. The van der Waals surface area contributed by atoms with Gasteiger partial charge in [0, 0.05) is 5.56 Å². The molecule has 1 aromatic rings. The van der Waals surface area contributed by atoms with Crippen LogP contribution in [0.3, 0.4) is 0 Å². The molecule has 0 aromatic heterocycles. The molecule has 0 spiro atoms. The normalized spacial score (nSPS) is 21.7. The van der Waals surface area contributed by atoms with Gasteiger partial charge in [0.25, 0.3) is 0 Å². The Morgan fingerprint density at radius 1 is 1.28 bits per heavy atom. The molecule has 1 unspecified atom stereocenters. The maximum absolute atomic E-state index is 11.3. The first-order valence-electron chi connectivity index (χ1n) is 6.70. The highest BCUT2D eigenvalue weighted by atomic mass is 16.5. The van der Waals surface area contributed by atoms with Crippen LogP contribution in [0, 0.1) is 0 Å². The molecule has 0 heterocycles. The van der Waals surface area contributed by atoms with Gasteiger partial charge in [-0.2, -0.15) is 0 Å². The van der Waals surface area contributed by atoms with Gasteiger partial charge in [0.2, 0.25) is 0 Å². The van der Waals surface area contributed by atoms with Gasteiger partial charge >= 0.3 is 0 Å². The third-order valence-electron chi connectivity index (χ3n) is 3.24. The van der Waals surface area contributed by atoms with Gasteiger partial charge in [-0.25, -0.2) is 0 Å². The largest absolute Gasteiger partial charge is 0.486 e. The van der Waals surface area contributed by atoms with Crippen LogP contribution in [0.4, 0.5) is 0 Å². The van der Waals surface area contributed by atoms with Crippen LogP contribution in [0.25, 0.3) is 0 Å². The van der Waals surface area contributed by atoms with Crippen LogP contribution < -0.4 is 4.74 Å². The molecule has 2 rings (SSSR count). The number of allylic oxidation sites excluding steroid dienone is 1. The Balaban J connectivity index is 2.05. The van der Waals surface area contributed by atoms with Gasteiger partial charge in [-0.15, -0.1) is 0 Å². The van der Waals surface area contributed by atoms with E-state index < -0.39 is 0 Å². The van der Waals surface area contributed by atoms with Gasteiger partial charge < -0.3 is 4.74 Å². The topological polar surface area (TPSA) is 26.3 Å². The first-order valence-corrected chi connectivity index (χ1v) is 6.70. The van der Waals surface area contributed by atoms with Gasteiger partial charge in [0.15, 0.2) is 5.78 Å². The monoisotopic (exact) mass is 244 g/mol. The Labute approximate surface area is 109 Å². The number of Topliss-reactive ketones (excluding diaryl/α,β-unsaturated/α-hetero) is 1. The van der Waals surface area contributed by atoms with Crippen molar-refractivity contribution >= 4 is 5.78 Å². The van der Waals surface area contributed by atoms with Crippen molar-refractivity contribution in [1.82, 2.24) is 0 Å². The highest BCUT2D eigenvalue weighted by Gasteiger charge is 2.09. The summed E-state index contributed by atoms with van der Waals surface area (Å²) in [5.41, 5.74) is 0.710. The lowest BCUT2D eigenvalue weighted by Gasteiger charge is -2.17. The molecule has 0 fully saturated rings. The zero-order chi connectivity index (χ0) is 12.8. The van der Waals surface area contributed by atoms with E-state index in [4.69, 9.17) is 4.74 Å². The van der Waals surface area contributed by atoms with E-state index in [0.717, 1.165) is 18.6 Å². The van der Waals surface area contributed by atoms with Gasteiger partial charge in [-0.1, -0.05) is 24.6 Å². The summed E-state index contributed by atoms with van der Waals surface area (Å²) in [4.78, 5) is 11.3. The van der Waals surface area contributed by atoms with E-state index in [0.29, 0.717) is 5.56 Å². The predicted molar refractivity (Wildman–Crippen MR) is 73.1 cm³/mol. The number of ether oxygens (including phenoxy) is 1. The van der Waals surface area contributed by atoms with Crippen LogP contribution in [-0.4, -0.2) is 11.9 Å². The van der Waals surface area contributed by atoms with Crippen molar-refractivity contribution in [3.8, 4) is 5.75 Å². The standard InChI is InChI=1S/C16H20O2/c1-13(17)14-8-7-11-16(12-14)18-15-9-5-3-2-4-6-10-15/h5,7-9,11-12,15H,2-4,6,10H2,1H3/b9-5+. The summed E-state index contributed by atoms with van der Waals surface area (Å²) in [5.74, 6) is 0.867. The summed E-state index contributed by atoms with van der Waals surface area (Å²) in [7, 11) is 0. The first-order chi connectivity index (χ1) is 8.75. The second kappa shape index (κ2) is 6.39. The number of carbonyl (C=O) groups excluding carboxylic acids is 1. The van der Waals surface area contributed by atoms with Crippen molar-refractivity contribution in [3.63, 3.8) is 0 Å². The minimum Gasteiger partial charge on any atom is -0.486 e. The summed E-state index contributed by atoms with van der Waals surface area (Å²) in [6.07, 6.45) is 10.5. The molecule has 0 saturated carbocycles. The van der Waals surface area contributed by atoms with Crippen LogP contribution in [0.15, 0.2) is 36.4 Å². The predicted octanol–water partition coefficient (Wildman–Crippen LogP) is 4.16. The van der Waals surface area contributed by atoms with E-state index >= 15 is 0 Å². The van der Waals surface area contributed by atoms with E-state index in [1.165, 1.54) is 19.3 Å². The van der Waals surface area contributed by atoms with Crippen molar-refractivity contribution in [2.24, 2.45) is 0 Å². The highest BCUT2D eigenvalue weighted by Crippen LogP contribution is 2.20. The van der Waals surface area contributed by atoms with E-state index in [2.05, 4.69) is 12.2 Å². The van der Waals surface area contributed by atoms with Crippen LogP contribution in [0.1, 0.15) is 49.4 Å². The molecule has 2 nitrogen and oxygen atoms in total. The molecular weight excluding hydrogens is 224 g/mol. The zero-order valence-corrected chi connectivity index (χ0v) is 10.9. The highest BCUT2D eigenvalue weighted by molar-refractivity contribution is 5.94. The summed E-state index contributed by atoms with van der Waals surface area (Å²) < 4.78 is 5.94. The average Bonchev–Trinajstić information content (AvgIpc) is 2.33. The maximum atomic E-state index is 11.3. The summed E-state index contributed by atoms with van der Waals surface area (Å²) in [5, 5.41) is 0. The Bertz CT molecular complexity index is 434. The third-order valence-corrected chi connectivity index (χ3v) is 3.24. The first kappa shape index (κ1) is 12.9. The minimum atomic E-state index is 0.0775. The van der Waals surface area contributed by atoms with E-state index in [1.807, 2.05) is 24.3 Å². The molecule has 1 aliphatic rings. The van der Waals surface area contributed by atoms with Gasteiger partial charge in [0.1, 0.15) is 11.9 Å². The molecule has 0 saturated heterocycles. The number of rotatable bonds is 3. The number of hydrogen-bond acceptors (Lipinski definition) is 2. The van der Waals surface area contributed by atoms with E-state index in [1.54, 1.807) is 6.92 Å².